The number of aromatic carboxylic acids is 1. The maximum absolute atomic E-state index is 14.5. The zero-order valence-corrected chi connectivity index (χ0v) is 13.0. The Morgan fingerprint density at radius 2 is 2.17 bits per heavy atom. The second kappa shape index (κ2) is 5.86. The Morgan fingerprint density at radius 3 is 2.71 bits per heavy atom. The number of nitrogens with two attached hydrogens (primary N) is 1. The molecule has 6 nitrogen and oxygen atoms in total. The summed E-state index contributed by atoms with van der Waals surface area (Å²) in [6.07, 6.45) is 1.10. The number of hydrogen-bond acceptors (Lipinski definition) is 4. The number of carboxylic acids is 1. The number of benzene rings is 1. The van der Waals surface area contributed by atoms with E-state index in [-0.39, 0.29) is 29.7 Å². The van der Waals surface area contributed by atoms with E-state index >= 15 is 0 Å². The lowest BCUT2D eigenvalue weighted by Crippen LogP contribution is -2.63. The van der Waals surface area contributed by atoms with E-state index in [0.717, 1.165) is 12.3 Å². The lowest BCUT2D eigenvalue weighted by molar-refractivity contribution is 0.0694. The molecule has 0 aliphatic carbocycles. The quantitative estimate of drug-likeness (QED) is 0.879. The molecule has 3 N–H and O–H groups in total. The van der Waals surface area contributed by atoms with Crippen LogP contribution in [0.4, 0.5) is 14.5 Å². The maximum Gasteiger partial charge on any atom is 0.341 e. The number of fused-ring (bicyclic) bond motifs is 1. The highest BCUT2D eigenvalue weighted by atomic mass is 19.1. The van der Waals surface area contributed by atoms with Gasteiger partial charge in [-0.15, -0.1) is 0 Å². The second-order valence-electron chi connectivity index (χ2n) is 5.94. The number of anilines is 1. The Morgan fingerprint density at radius 1 is 1.46 bits per heavy atom. The van der Waals surface area contributed by atoms with Crippen LogP contribution in [-0.2, 0) is 6.54 Å². The van der Waals surface area contributed by atoms with Crippen molar-refractivity contribution in [1.82, 2.24) is 4.57 Å². The van der Waals surface area contributed by atoms with E-state index in [1.807, 2.05) is 6.92 Å². The fourth-order valence-corrected chi connectivity index (χ4v) is 3.00. The number of alkyl halides is 1. The van der Waals surface area contributed by atoms with Crippen LogP contribution in [0, 0.1) is 5.82 Å². The largest absolute Gasteiger partial charge is 0.477 e. The second-order valence-corrected chi connectivity index (χ2v) is 5.94. The summed E-state index contributed by atoms with van der Waals surface area (Å²) in [5.74, 6) is -2.06. The van der Waals surface area contributed by atoms with Crippen LogP contribution in [0.5, 0.6) is 0 Å². The molecule has 128 valence electrons. The van der Waals surface area contributed by atoms with Gasteiger partial charge in [-0.05, 0) is 19.1 Å². The van der Waals surface area contributed by atoms with Crippen molar-refractivity contribution in [2.24, 2.45) is 5.73 Å². The number of pyridine rings is 1. The Kier molecular flexibility index (Phi) is 4.00. The van der Waals surface area contributed by atoms with Gasteiger partial charge in [0.05, 0.1) is 17.7 Å². The number of halogens is 2. The lowest BCUT2D eigenvalue weighted by Gasteiger charge is -2.46. The molecule has 24 heavy (non-hydrogen) atoms. The van der Waals surface area contributed by atoms with E-state index in [2.05, 4.69) is 0 Å². The molecule has 3 rings (SSSR count). The molecule has 1 fully saturated rings. The van der Waals surface area contributed by atoms with Gasteiger partial charge >= 0.3 is 5.97 Å². The number of nitrogens with zero attached hydrogens (tertiary/aromatic N) is 2. The molecule has 2 aromatic rings. The summed E-state index contributed by atoms with van der Waals surface area (Å²) >= 11 is 0. The zero-order chi connectivity index (χ0) is 17.6. The van der Waals surface area contributed by atoms with E-state index in [4.69, 9.17) is 10.8 Å². The van der Waals surface area contributed by atoms with Crippen LogP contribution < -0.4 is 16.1 Å². The number of rotatable bonds is 4. The predicted molar refractivity (Wildman–Crippen MR) is 85.9 cm³/mol. The smallest absolute Gasteiger partial charge is 0.341 e. The van der Waals surface area contributed by atoms with Crippen LogP contribution in [-0.4, -0.2) is 40.9 Å². The zero-order valence-electron chi connectivity index (χ0n) is 13.0. The van der Waals surface area contributed by atoms with Crippen LogP contribution in [0.25, 0.3) is 10.9 Å². The van der Waals surface area contributed by atoms with Crippen molar-refractivity contribution in [2.45, 2.75) is 25.6 Å². The predicted octanol–water partition coefficient (Wildman–Crippen LogP) is 1.34. The van der Waals surface area contributed by atoms with Gasteiger partial charge in [-0.2, -0.15) is 0 Å². The Hall–Kier alpha value is -2.48. The molecule has 0 unspecified atom stereocenters. The summed E-state index contributed by atoms with van der Waals surface area (Å²) in [4.78, 5) is 25.2. The van der Waals surface area contributed by atoms with Crippen LogP contribution in [0.1, 0.15) is 17.3 Å². The van der Waals surface area contributed by atoms with Crippen molar-refractivity contribution < 1.29 is 18.7 Å². The Bertz CT molecular complexity index is 881. The maximum atomic E-state index is 14.5. The van der Waals surface area contributed by atoms with Crippen molar-refractivity contribution in [1.29, 1.82) is 0 Å². The summed E-state index contributed by atoms with van der Waals surface area (Å²) in [6, 6.07) is 2.35. The summed E-state index contributed by atoms with van der Waals surface area (Å²) in [5.41, 5.74) is 5.10. The van der Waals surface area contributed by atoms with Crippen LogP contribution in [0.15, 0.2) is 23.1 Å². The molecule has 0 amide bonds. The molecular formula is C16H17F2N3O3. The van der Waals surface area contributed by atoms with Gasteiger partial charge in [-0.1, -0.05) is 0 Å². The van der Waals surface area contributed by atoms with Crippen molar-refractivity contribution in [2.75, 3.05) is 18.1 Å². The highest BCUT2D eigenvalue weighted by Gasteiger charge is 2.34. The van der Waals surface area contributed by atoms with Gasteiger partial charge in [0.25, 0.3) is 0 Å². The molecule has 1 aromatic carbocycles. The average Bonchev–Trinajstić information content (AvgIpc) is 2.54. The number of carbonyl (C=O) groups is 1. The molecule has 1 aliphatic rings. The average molecular weight is 337 g/mol. The highest BCUT2D eigenvalue weighted by Crippen LogP contribution is 2.31. The summed E-state index contributed by atoms with van der Waals surface area (Å²) < 4.78 is 28.6. The van der Waals surface area contributed by atoms with Crippen molar-refractivity contribution in [3.05, 3.63) is 39.9 Å². The first-order valence-electron chi connectivity index (χ1n) is 7.53. The third kappa shape index (κ3) is 2.43. The standard InChI is InChI=1S/C16H17F2N3O3/c1-8-12(19)7-21(8)14-5-13-9(4-11(14)18)15(22)10(16(23)24)6-20(13)3-2-17/h4-6,8,12H,2-3,7,19H2,1H3,(H,23,24)/t8-,12+/m0/s1. The Balaban J connectivity index is 2.25. The first-order valence-corrected chi connectivity index (χ1v) is 7.53. The van der Waals surface area contributed by atoms with Gasteiger partial charge in [0.15, 0.2) is 0 Å². The SMILES string of the molecule is C[C@H]1[C@H](N)CN1c1cc2c(cc1F)c(=O)c(C(=O)O)cn2CCF. The van der Waals surface area contributed by atoms with E-state index in [1.165, 1.54) is 10.6 Å². The topological polar surface area (TPSA) is 88.6 Å². The minimum absolute atomic E-state index is 0.0587. The first-order chi connectivity index (χ1) is 11.3. The molecule has 0 saturated carbocycles. The molecule has 0 bridgehead atoms. The van der Waals surface area contributed by atoms with Crippen molar-refractivity contribution >= 4 is 22.6 Å². The molecule has 2 atom stereocenters. The number of carboxylic acid groups (broad SMARTS) is 1. The molecular weight excluding hydrogens is 320 g/mol. The highest BCUT2D eigenvalue weighted by molar-refractivity contribution is 5.93. The summed E-state index contributed by atoms with van der Waals surface area (Å²) in [6.45, 7) is 1.47. The van der Waals surface area contributed by atoms with Gasteiger partial charge in [0, 0.05) is 30.2 Å². The molecule has 0 radical (unpaired) electrons. The molecule has 1 saturated heterocycles. The first kappa shape index (κ1) is 16.4. The van der Waals surface area contributed by atoms with Crippen LogP contribution in [0.2, 0.25) is 0 Å². The molecule has 1 aliphatic heterocycles. The van der Waals surface area contributed by atoms with Gasteiger partial charge in [0.1, 0.15) is 18.1 Å². The van der Waals surface area contributed by atoms with E-state index in [1.54, 1.807) is 4.90 Å². The fourth-order valence-electron chi connectivity index (χ4n) is 3.00. The van der Waals surface area contributed by atoms with E-state index in [9.17, 15) is 18.4 Å². The van der Waals surface area contributed by atoms with Gasteiger partial charge < -0.3 is 20.3 Å². The number of aromatic nitrogens is 1. The normalized spacial score (nSPS) is 20.2. The minimum Gasteiger partial charge on any atom is -0.477 e. The van der Waals surface area contributed by atoms with Gasteiger partial charge in [-0.25, -0.2) is 13.6 Å². The summed E-state index contributed by atoms with van der Waals surface area (Å²) in [5, 5.41) is 9.04. The molecule has 0 spiro atoms. The molecule has 1 aromatic heterocycles. The van der Waals surface area contributed by atoms with Gasteiger partial charge in [0.2, 0.25) is 5.43 Å². The monoisotopic (exact) mass is 337 g/mol. The fraction of sp³-hybridized carbons (Fsp3) is 0.375. The number of hydrogen-bond donors (Lipinski definition) is 2. The van der Waals surface area contributed by atoms with Crippen LogP contribution >= 0.6 is 0 Å². The molecule has 8 heteroatoms. The third-order valence-electron chi connectivity index (χ3n) is 4.53. The van der Waals surface area contributed by atoms with E-state index in [0.29, 0.717) is 12.1 Å². The van der Waals surface area contributed by atoms with E-state index < -0.39 is 29.5 Å². The van der Waals surface area contributed by atoms with Crippen molar-refractivity contribution in [3.63, 3.8) is 0 Å². The molecule has 2 heterocycles. The third-order valence-corrected chi connectivity index (χ3v) is 4.53. The van der Waals surface area contributed by atoms with Gasteiger partial charge in [-0.3, -0.25) is 4.79 Å². The Labute approximate surface area is 136 Å². The number of aryl methyl sites for hydroxylation is 1. The summed E-state index contributed by atoms with van der Waals surface area (Å²) in [7, 11) is 0. The van der Waals surface area contributed by atoms with Crippen molar-refractivity contribution in [3.8, 4) is 0 Å². The minimum atomic E-state index is -1.43. The van der Waals surface area contributed by atoms with Crippen LogP contribution in [0.3, 0.4) is 0 Å². The lowest BCUT2D eigenvalue weighted by atomic mass is 9.97.